The number of allylic oxidation sites excluding steroid dienone is 1. The molecule has 0 fully saturated rings. The van der Waals surface area contributed by atoms with E-state index in [1.165, 1.54) is 0 Å². The third-order valence-corrected chi connectivity index (χ3v) is 2.29. The van der Waals surface area contributed by atoms with Crippen LogP contribution in [0.3, 0.4) is 0 Å². The smallest absolute Gasteiger partial charge is 0.441 e. The maximum atomic E-state index is 12.0. The summed E-state index contributed by atoms with van der Waals surface area (Å²) in [6, 6.07) is 0. The van der Waals surface area contributed by atoms with Gasteiger partial charge in [-0.2, -0.15) is 4.79 Å². The second-order valence-electron chi connectivity index (χ2n) is 4.16. The zero-order valence-corrected chi connectivity index (χ0v) is 10.5. The zero-order chi connectivity index (χ0) is 13.4. The fraction of sp³-hybridized carbons (Fsp3) is 0.583. The van der Waals surface area contributed by atoms with Crippen molar-refractivity contribution in [3.8, 4) is 0 Å². The normalized spacial score (nSPS) is 11.5. The van der Waals surface area contributed by atoms with Crippen LogP contribution in [0.2, 0.25) is 0 Å². The minimum absolute atomic E-state index is 0.293. The summed E-state index contributed by atoms with van der Waals surface area (Å²) in [4.78, 5) is 25.9. The quantitative estimate of drug-likeness (QED) is 0.169. The van der Waals surface area contributed by atoms with E-state index in [4.69, 9.17) is 5.53 Å². The topological polar surface area (TPSA) is 79.8 Å². The third-order valence-electron chi connectivity index (χ3n) is 2.29. The summed E-state index contributed by atoms with van der Waals surface area (Å²) >= 11 is 0. The van der Waals surface area contributed by atoms with Gasteiger partial charge in [0, 0.05) is 5.92 Å². The molecule has 0 aliphatic heterocycles. The van der Waals surface area contributed by atoms with Gasteiger partial charge in [-0.3, -0.25) is 4.79 Å². The lowest BCUT2D eigenvalue weighted by Crippen LogP contribution is -2.32. The molecule has 0 aromatic carbocycles. The zero-order valence-electron chi connectivity index (χ0n) is 10.5. The molecule has 0 aliphatic carbocycles. The number of esters is 1. The summed E-state index contributed by atoms with van der Waals surface area (Å²) in [5, 5.41) is 0. The SMILES string of the molecule is C=CCC(CC(C)C)C(=O)C(=[N+]=[N-])C(=O)OC. The van der Waals surface area contributed by atoms with Crippen molar-refractivity contribution in [2.45, 2.75) is 26.7 Å². The van der Waals surface area contributed by atoms with Crippen molar-refractivity contribution in [2.24, 2.45) is 11.8 Å². The van der Waals surface area contributed by atoms with Crippen LogP contribution in [-0.2, 0) is 14.3 Å². The number of methoxy groups -OCH3 is 1. The molecule has 5 nitrogen and oxygen atoms in total. The summed E-state index contributed by atoms with van der Waals surface area (Å²) < 4.78 is 4.38. The molecule has 0 aromatic heterocycles. The highest BCUT2D eigenvalue weighted by atomic mass is 16.5. The van der Waals surface area contributed by atoms with E-state index in [-0.39, 0.29) is 0 Å². The summed E-state index contributed by atoms with van der Waals surface area (Å²) in [6.07, 6.45) is 2.64. The van der Waals surface area contributed by atoms with Gasteiger partial charge in [0.25, 0.3) is 5.78 Å². The van der Waals surface area contributed by atoms with Crippen molar-refractivity contribution < 1.29 is 19.1 Å². The first kappa shape index (κ1) is 15.3. The van der Waals surface area contributed by atoms with Crippen molar-refractivity contribution >= 4 is 17.5 Å². The van der Waals surface area contributed by atoms with Gasteiger partial charge in [-0.25, -0.2) is 4.79 Å². The molecule has 0 heterocycles. The molecule has 0 bridgehead atoms. The first-order valence-corrected chi connectivity index (χ1v) is 5.43. The first-order valence-electron chi connectivity index (χ1n) is 5.43. The molecule has 0 N–H and O–H groups in total. The Morgan fingerprint density at radius 2 is 2.06 bits per heavy atom. The molecule has 0 saturated carbocycles. The average molecular weight is 238 g/mol. The van der Waals surface area contributed by atoms with Gasteiger partial charge in [-0.05, 0) is 18.8 Å². The van der Waals surface area contributed by atoms with Crippen LogP contribution >= 0.6 is 0 Å². The minimum atomic E-state index is -0.921. The van der Waals surface area contributed by atoms with E-state index in [9.17, 15) is 9.59 Å². The molecule has 0 aliphatic rings. The number of Topliss-reactive ketones (excluding diaryl/α,β-unsaturated/α-hetero) is 1. The van der Waals surface area contributed by atoms with Gasteiger partial charge in [-0.15, -0.1) is 6.58 Å². The predicted molar refractivity (Wildman–Crippen MR) is 63.4 cm³/mol. The summed E-state index contributed by atoms with van der Waals surface area (Å²) in [5.41, 5.74) is 8.13. The van der Waals surface area contributed by atoms with E-state index in [1.807, 2.05) is 13.8 Å². The van der Waals surface area contributed by atoms with Crippen molar-refractivity contribution in [2.75, 3.05) is 7.11 Å². The highest BCUT2D eigenvalue weighted by molar-refractivity contribution is 6.62. The van der Waals surface area contributed by atoms with Gasteiger partial charge in [0.05, 0.1) is 7.11 Å². The number of nitrogens with zero attached hydrogens (tertiary/aromatic N) is 2. The van der Waals surface area contributed by atoms with Crippen LogP contribution in [0.1, 0.15) is 26.7 Å². The highest BCUT2D eigenvalue weighted by Crippen LogP contribution is 2.17. The Bertz CT molecular complexity index is 355. The van der Waals surface area contributed by atoms with Crippen LogP contribution in [0.4, 0.5) is 0 Å². The van der Waals surface area contributed by atoms with E-state index in [0.29, 0.717) is 18.8 Å². The molecule has 0 saturated heterocycles. The molecular weight excluding hydrogens is 220 g/mol. The summed E-state index contributed by atoms with van der Waals surface area (Å²) in [6.45, 7) is 7.51. The maximum absolute atomic E-state index is 12.0. The predicted octanol–water partition coefficient (Wildman–Crippen LogP) is 1.64. The van der Waals surface area contributed by atoms with Crippen LogP contribution in [-0.4, -0.2) is 29.4 Å². The Morgan fingerprint density at radius 3 is 2.41 bits per heavy atom. The monoisotopic (exact) mass is 238 g/mol. The Morgan fingerprint density at radius 1 is 1.47 bits per heavy atom. The Balaban J connectivity index is 4.99. The van der Waals surface area contributed by atoms with Gasteiger partial charge in [0.1, 0.15) is 0 Å². The number of carbonyl (C=O) groups excluding carboxylic acids is 2. The Kier molecular flexibility index (Phi) is 6.75. The lowest BCUT2D eigenvalue weighted by molar-refractivity contribution is -0.140. The van der Waals surface area contributed by atoms with Crippen LogP contribution in [0.5, 0.6) is 0 Å². The molecule has 1 unspecified atom stereocenters. The summed E-state index contributed by atoms with van der Waals surface area (Å²) in [5.74, 6) is -1.54. The van der Waals surface area contributed by atoms with E-state index < -0.39 is 23.4 Å². The van der Waals surface area contributed by atoms with Crippen molar-refractivity contribution in [1.82, 2.24) is 0 Å². The molecule has 17 heavy (non-hydrogen) atoms. The highest BCUT2D eigenvalue weighted by Gasteiger charge is 2.35. The lowest BCUT2D eigenvalue weighted by Gasteiger charge is -2.13. The standard InChI is InChI=1S/C12H18N2O3/c1-5-6-9(7-8(2)3)11(15)10(14-13)12(16)17-4/h5,8-9H,1,6-7H2,2-4H3. The van der Waals surface area contributed by atoms with Crippen molar-refractivity contribution in [3.05, 3.63) is 18.2 Å². The molecule has 5 heteroatoms. The third kappa shape index (κ3) is 4.74. The number of rotatable bonds is 7. The van der Waals surface area contributed by atoms with Gasteiger partial charge >= 0.3 is 11.7 Å². The number of hydrogen-bond acceptors (Lipinski definition) is 3. The molecule has 0 aromatic rings. The van der Waals surface area contributed by atoms with Crippen molar-refractivity contribution in [1.29, 1.82) is 0 Å². The molecule has 0 spiro atoms. The van der Waals surface area contributed by atoms with E-state index >= 15 is 0 Å². The second-order valence-corrected chi connectivity index (χ2v) is 4.16. The van der Waals surface area contributed by atoms with Crippen LogP contribution < -0.4 is 0 Å². The van der Waals surface area contributed by atoms with E-state index in [1.54, 1.807) is 6.08 Å². The largest absolute Gasteiger partial charge is 0.460 e. The second kappa shape index (κ2) is 7.52. The van der Waals surface area contributed by atoms with Crippen LogP contribution in [0.15, 0.2) is 12.7 Å². The molecule has 94 valence electrons. The lowest BCUT2D eigenvalue weighted by atomic mass is 9.88. The van der Waals surface area contributed by atoms with Crippen molar-refractivity contribution in [3.63, 3.8) is 0 Å². The number of carbonyl (C=O) groups is 2. The Hall–Kier alpha value is -1.74. The van der Waals surface area contributed by atoms with Gasteiger partial charge in [0.15, 0.2) is 0 Å². The molecule has 0 amide bonds. The Labute approximate surface area is 101 Å². The number of ketones is 1. The molecular formula is C12H18N2O3. The van der Waals surface area contributed by atoms with Crippen LogP contribution in [0, 0.1) is 11.8 Å². The number of hydrogen-bond donors (Lipinski definition) is 0. The van der Waals surface area contributed by atoms with Crippen LogP contribution in [0.25, 0.3) is 5.53 Å². The molecule has 0 rings (SSSR count). The van der Waals surface area contributed by atoms with Gasteiger partial charge < -0.3 is 10.3 Å². The van der Waals surface area contributed by atoms with Gasteiger partial charge in [-0.1, -0.05) is 19.9 Å². The van der Waals surface area contributed by atoms with Gasteiger partial charge in [0.2, 0.25) is 0 Å². The minimum Gasteiger partial charge on any atom is -0.460 e. The van der Waals surface area contributed by atoms with E-state index in [0.717, 1.165) is 7.11 Å². The fourth-order valence-corrected chi connectivity index (χ4v) is 1.56. The first-order chi connectivity index (χ1) is 7.97. The number of ether oxygens (including phenoxy) is 1. The maximum Gasteiger partial charge on any atom is 0.441 e. The molecule has 1 atom stereocenters. The summed E-state index contributed by atoms with van der Waals surface area (Å²) in [7, 11) is 1.13. The fourth-order valence-electron chi connectivity index (χ4n) is 1.56. The average Bonchev–Trinajstić information content (AvgIpc) is 2.28. The van der Waals surface area contributed by atoms with E-state index in [2.05, 4.69) is 16.1 Å². The molecule has 0 radical (unpaired) electrons.